The number of aromatic amines is 1. The van der Waals surface area contributed by atoms with Crippen molar-refractivity contribution in [3.8, 4) is 0 Å². The van der Waals surface area contributed by atoms with Gasteiger partial charge in [-0.05, 0) is 86.1 Å². The van der Waals surface area contributed by atoms with E-state index in [1.54, 1.807) is 128 Å². The van der Waals surface area contributed by atoms with E-state index in [1.807, 2.05) is 30.3 Å². The number of nitrogens with one attached hydrogen (secondary N) is 1. The molecule has 4 aromatic carbocycles. The van der Waals surface area contributed by atoms with Crippen LogP contribution in [0.25, 0.3) is 0 Å². The summed E-state index contributed by atoms with van der Waals surface area (Å²) in [5.41, 5.74) is 2.68. The highest BCUT2D eigenvalue weighted by molar-refractivity contribution is 6.31. The summed E-state index contributed by atoms with van der Waals surface area (Å²) in [5, 5.41) is 20.2. The van der Waals surface area contributed by atoms with Gasteiger partial charge in [-0.1, -0.05) is 94.9 Å². The molecule has 16 heteroatoms. The van der Waals surface area contributed by atoms with Crippen LogP contribution >= 0.6 is 46.4 Å². The van der Waals surface area contributed by atoms with Crippen LogP contribution in [0.2, 0.25) is 20.1 Å². The van der Waals surface area contributed by atoms with Crippen molar-refractivity contribution in [3.63, 3.8) is 0 Å². The molecule has 1 unspecified atom stereocenters. The summed E-state index contributed by atoms with van der Waals surface area (Å²) >= 11 is 24.2. The van der Waals surface area contributed by atoms with E-state index in [4.69, 9.17) is 55.9 Å². The van der Waals surface area contributed by atoms with Crippen molar-refractivity contribution in [2.75, 3.05) is 14.2 Å². The zero-order valence-electron chi connectivity index (χ0n) is 35.4. The number of aromatic nitrogens is 4. The molecule has 2 N–H and O–H groups in total. The first-order valence-corrected chi connectivity index (χ1v) is 21.6. The molecule has 2 aliphatic heterocycles. The summed E-state index contributed by atoms with van der Waals surface area (Å²) in [5.74, 6) is -0.615. The monoisotopic (exact) mass is 948 g/mol. The number of benzene rings is 4. The van der Waals surface area contributed by atoms with E-state index in [0.717, 1.165) is 11.1 Å². The lowest BCUT2D eigenvalue weighted by Crippen LogP contribution is -2.45. The van der Waals surface area contributed by atoms with Crippen LogP contribution in [0, 0.1) is 0 Å². The Hall–Kier alpha value is -5.96. The summed E-state index contributed by atoms with van der Waals surface area (Å²) < 4.78 is 12.2. The average molecular weight is 951 g/mol. The molecule has 0 bridgehead atoms. The Kier molecular flexibility index (Phi) is 12.7. The number of nitrogens with zero attached hydrogens (tertiary/aromatic N) is 5. The normalized spacial score (nSPS) is 18.5. The second-order valence-electron chi connectivity index (χ2n) is 15.5. The second-order valence-corrected chi connectivity index (χ2v) is 17.3. The molecule has 12 nitrogen and oxygen atoms in total. The van der Waals surface area contributed by atoms with Crippen LogP contribution in [0.3, 0.4) is 0 Å². The highest BCUT2D eigenvalue weighted by Gasteiger charge is 2.53. The lowest BCUT2D eigenvalue weighted by Gasteiger charge is -2.38. The maximum Gasteiger partial charge on any atom is 0.257 e. The standard InChI is InChI=1S/C26H22Cl2N4O3.C23H18Cl2N2O3/c1-25(34,23-11-12-30-31-23)17-5-10-22-21(13-17)24(33)32(15-20-9-8-19(28)14-29-20)26(22,35-2)16-3-6-18(27)7-4-16;1-14(28)15-3-10-21-20(11-15)22(29)27(13-19-9-8-18(25)12-26-19)23(21,30-2)16-4-6-17(24)7-5-16/h3-14,34H,15H2,1-2H3,(H,30,31);3-12H,13H2,1-2H3/t25?,26-;23-/m11/s1. The molecule has 65 heavy (non-hydrogen) atoms. The van der Waals surface area contributed by atoms with Crippen molar-refractivity contribution in [2.24, 2.45) is 0 Å². The molecule has 0 fully saturated rings. The summed E-state index contributed by atoms with van der Waals surface area (Å²) in [4.78, 5) is 51.3. The van der Waals surface area contributed by atoms with Gasteiger partial charge in [-0.3, -0.25) is 39.3 Å². The number of hydrogen-bond acceptors (Lipinski definition) is 9. The average Bonchev–Trinajstić information content (AvgIpc) is 4.00. The molecule has 0 spiro atoms. The van der Waals surface area contributed by atoms with Gasteiger partial charge in [-0.25, -0.2) is 0 Å². The van der Waals surface area contributed by atoms with Crippen LogP contribution in [-0.4, -0.2) is 66.9 Å². The van der Waals surface area contributed by atoms with Gasteiger partial charge in [-0.2, -0.15) is 5.10 Å². The van der Waals surface area contributed by atoms with Gasteiger partial charge < -0.3 is 14.6 Å². The van der Waals surface area contributed by atoms with E-state index in [-0.39, 0.29) is 30.7 Å². The molecule has 2 amide bonds. The highest BCUT2D eigenvalue weighted by atomic mass is 35.5. The van der Waals surface area contributed by atoms with Gasteiger partial charge in [0.2, 0.25) is 0 Å². The number of ether oxygens (including phenoxy) is 2. The number of H-pyrrole nitrogens is 1. The fourth-order valence-electron chi connectivity index (χ4n) is 8.45. The Labute approximate surface area is 394 Å². The largest absolute Gasteiger partial charge is 0.379 e. The third kappa shape index (κ3) is 8.21. The van der Waals surface area contributed by atoms with Crippen molar-refractivity contribution in [1.29, 1.82) is 0 Å². The molecule has 0 saturated carbocycles. The molecular formula is C49H40Cl4N6O6. The number of rotatable bonds is 11. The Bertz CT molecular complexity index is 2900. The fourth-order valence-corrected chi connectivity index (χ4v) is 8.92. The van der Waals surface area contributed by atoms with Crippen LogP contribution in [0.5, 0.6) is 0 Å². The second kappa shape index (κ2) is 18.1. The number of amides is 2. The number of ketones is 1. The number of hydrogen-bond donors (Lipinski definition) is 2. The molecule has 7 aromatic rings. The van der Waals surface area contributed by atoms with Crippen molar-refractivity contribution in [2.45, 2.75) is 44.0 Å². The maximum absolute atomic E-state index is 13.9. The van der Waals surface area contributed by atoms with Gasteiger partial charge in [0.25, 0.3) is 11.8 Å². The lowest BCUT2D eigenvalue weighted by molar-refractivity contribution is -0.0870. The van der Waals surface area contributed by atoms with Crippen LogP contribution in [0.1, 0.15) is 89.8 Å². The van der Waals surface area contributed by atoms with Gasteiger partial charge in [0.05, 0.1) is 40.2 Å². The first-order valence-electron chi connectivity index (χ1n) is 20.1. The third-order valence-corrected chi connectivity index (χ3v) is 12.7. The molecule has 3 aromatic heterocycles. The molecule has 5 heterocycles. The third-order valence-electron chi connectivity index (χ3n) is 11.8. The number of pyridine rings is 2. The van der Waals surface area contributed by atoms with E-state index < -0.39 is 17.1 Å². The molecule has 9 rings (SSSR count). The minimum atomic E-state index is -1.38. The lowest BCUT2D eigenvalue weighted by atomic mass is 9.87. The van der Waals surface area contributed by atoms with Gasteiger partial charge in [0, 0.05) is 81.8 Å². The Morgan fingerprint density at radius 3 is 1.54 bits per heavy atom. The Morgan fingerprint density at radius 1 is 0.662 bits per heavy atom. The number of Topliss-reactive ketones (excluding diaryl/α,β-unsaturated/α-hetero) is 1. The molecule has 330 valence electrons. The molecule has 0 radical (unpaired) electrons. The zero-order chi connectivity index (χ0) is 46.3. The number of methoxy groups -OCH3 is 2. The quantitative estimate of drug-likeness (QED) is 0.121. The fraction of sp³-hybridized carbons (Fsp3) is 0.184. The van der Waals surface area contributed by atoms with Gasteiger partial charge >= 0.3 is 0 Å². The molecule has 0 saturated heterocycles. The Balaban J connectivity index is 0.000000179. The van der Waals surface area contributed by atoms with E-state index in [2.05, 4.69) is 20.2 Å². The number of halogens is 4. The summed E-state index contributed by atoms with van der Waals surface area (Å²) in [6.45, 7) is 3.49. The van der Waals surface area contributed by atoms with E-state index in [9.17, 15) is 19.5 Å². The highest BCUT2D eigenvalue weighted by Crippen LogP contribution is 2.48. The van der Waals surface area contributed by atoms with Gasteiger partial charge in [-0.15, -0.1) is 0 Å². The summed E-state index contributed by atoms with van der Waals surface area (Å²) in [6, 6.07) is 33.5. The first kappa shape index (κ1) is 45.6. The maximum atomic E-state index is 13.9. The van der Waals surface area contributed by atoms with E-state index >= 15 is 0 Å². The van der Waals surface area contributed by atoms with Crippen molar-refractivity contribution in [1.82, 2.24) is 30.0 Å². The molecule has 2 aliphatic rings. The summed E-state index contributed by atoms with van der Waals surface area (Å²) in [7, 11) is 3.12. The minimum absolute atomic E-state index is 0.113. The van der Waals surface area contributed by atoms with Gasteiger partial charge in [0.1, 0.15) is 5.60 Å². The summed E-state index contributed by atoms with van der Waals surface area (Å²) in [6.07, 6.45) is 4.65. The number of fused-ring (bicyclic) bond motifs is 2. The van der Waals surface area contributed by atoms with Crippen LogP contribution in [0.4, 0.5) is 0 Å². The number of carbonyl (C=O) groups excluding carboxylic acids is 3. The minimum Gasteiger partial charge on any atom is -0.379 e. The SMILES string of the molecule is CO[C@]1(c2ccc(Cl)cc2)c2ccc(C(C)(O)c3ccn[nH]3)cc2C(=O)N1Cc1ccc(Cl)cn1.CO[C@]1(c2ccc(Cl)cc2)c2ccc(C(C)=O)cc2C(=O)N1Cc1ccc(Cl)cn1. The smallest absolute Gasteiger partial charge is 0.257 e. The van der Waals surface area contributed by atoms with Crippen LogP contribution in [0.15, 0.2) is 134 Å². The topological polar surface area (TPSA) is 151 Å². The zero-order valence-corrected chi connectivity index (χ0v) is 38.4. The van der Waals surface area contributed by atoms with Crippen molar-refractivity contribution < 1.29 is 29.0 Å². The predicted molar refractivity (Wildman–Crippen MR) is 247 cm³/mol. The van der Waals surface area contributed by atoms with Crippen LogP contribution < -0.4 is 0 Å². The molecular weight excluding hydrogens is 910 g/mol. The van der Waals surface area contributed by atoms with Crippen LogP contribution in [-0.2, 0) is 39.6 Å². The molecule has 0 aliphatic carbocycles. The van der Waals surface area contributed by atoms with E-state index in [1.165, 1.54) is 13.1 Å². The first-order chi connectivity index (χ1) is 31.1. The van der Waals surface area contributed by atoms with E-state index in [0.29, 0.717) is 70.6 Å². The van der Waals surface area contributed by atoms with Crippen molar-refractivity contribution >= 4 is 64.0 Å². The van der Waals surface area contributed by atoms with Gasteiger partial charge in [0.15, 0.2) is 17.2 Å². The van der Waals surface area contributed by atoms with Crippen molar-refractivity contribution in [3.05, 3.63) is 216 Å². The number of carbonyl (C=O) groups is 3. The Morgan fingerprint density at radius 2 is 1.12 bits per heavy atom. The molecule has 3 atom stereocenters. The number of aliphatic hydroxyl groups is 1. The predicted octanol–water partition coefficient (Wildman–Crippen LogP) is 9.97.